The van der Waals surface area contributed by atoms with Crippen molar-refractivity contribution in [2.45, 2.75) is 31.3 Å². The fraction of sp³-hybridized carbons (Fsp3) is 0.286. The first-order valence-electron chi connectivity index (χ1n) is 10.0. The Morgan fingerprint density at radius 3 is 2.45 bits per heavy atom. The van der Waals surface area contributed by atoms with Crippen LogP contribution < -0.4 is 16.0 Å². The van der Waals surface area contributed by atoms with Gasteiger partial charge in [0.05, 0.1) is 11.3 Å². The molecule has 12 heteroatoms. The average molecular weight is 472 g/mol. The number of aliphatic hydroxyl groups is 1. The zero-order chi connectivity index (χ0) is 24.2. The molecule has 3 heterocycles. The quantitative estimate of drug-likeness (QED) is 0.383. The predicted octanol–water partition coefficient (Wildman–Crippen LogP) is 2.13. The molecule has 0 atom stereocenters. The van der Waals surface area contributed by atoms with Crippen molar-refractivity contribution in [2.75, 3.05) is 23.4 Å². The van der Waals surface area contributed by atoms with Gasteiger partial charge in [-0.15, -0.1) is 10.2 Å². The lowest BCUT2D eigenvalue weighted by molar-refractivity contribution is 0.0782. The molecule has 0 radical (unpaired) electrons. The summed E-state index contributed by atoms with van der Waals surface area (Å²) in [7, 11) is -3.58. The molecule has 33 heavy (non-hydrogen) atoms. The molecule has 4 N–H and O–H groups in total. The number of hydrogen-bond donors (Lipinski definition) is 4. The molecule has 174 valence electrons. The molecule has 0 saturated heterocycles. The molecule has 0 unspecified atom stereocenters. The van der Waals surface area contributed by atoms with Crippen LogP contribution in [0, 0.1) is 0 Å². The third-order valence-corrected chi connectivity index (χ3v) is 5.62. The monoisotopic (exact) mass is 471 g/mol. The van der Waals surface area contributed by atoms with Gasteiger partial charge in [-0.25, -0.2) is 18.4 Å². The molecular weight excluding hydrogens is 446 g/mol. The van der Waals surface area contributed by atoms with Crippen molar-refractivity contribution in [1.29, 1.82) is 0 Å². The number of carbonyl (C=O) groups is 1. The Morgan fingerprint density at radius 2 is 1.85 bits per heavy atom. The van der Waals surface area contributed by atoms with Gasteiger partial charge in [0.1, 0.15) is 16.5 Å². The molecule has 0 saturated carbocycles. The number of nitrogens with one attached hydrogen (secondary N) is 3. The first kappa shape index (κ1) is 24.0. The molecule has 0 aromatic carbocycles. The summed E-state index contributed by atoms with van der Waals surface area (Å²) in [5.74, 6) is 0.260. The van der Waals surface area contributed by atoms with Gasteiger partial charge in [-0.05, 0) is 39.0 Å². The molecule has 3 rings (SSSR count). The van der Waals surface area contributed by atoms with Crippen molar-refractivity contribution in [3.8, 4) is 0 Å². The molecule has 3 aromatic rings. The normalized spacial score (nSPS) is 11.7. The Balaban J connectivity index is 1.98. The van der Waals surface area contributed by atoms with E-state index in [-0.39, 0.29) is 27.9 Å². The van der Waals surface area contributed by atoms with Crippen LogP contribution >= 0.6 is 0 Å². The fourth-order valence-electron chi connectivity index (χ4n) is 2.83. The second-order valence-corrected chi connectivity index (χ2v) is 9.70. The van der Waals surface area contributed by atoms with Gasteiger partial charge in [-0.3, -0.25) is 4.79 Å². The standard InChI is InChI=1S/C21H25N7O4S/c1-5-22-20(29)18-14(25-19-15(33(4,31)32)7-6-10-23-19)11-17(27-28-18)26-16-9-8-13(12-24-16)21(2,3)30/h6-12,30H,5H2,1-4H3,(H,22,29)(H2,23,24,25,26,27). The molecule has 0 aliphatic rings. The van der Waals surface area contributed by atoms with Crippen LogP contribution in [0.2, 0.25) is 0 Å². The third-order valence-electron chi connectivity index (χ3n) is 4.50. The second kappa shape index (κ2) is 9.46. The number of carbonyl (C=O) groups excluding carboxylic acids is 1. The molecule has 0 fully saturated rings. The lowest BCUT2D eigenvalue weighted by atomic mass is 10.0. The van der Waals surface area contributed by atoms with Gasteiger partial charge in [0, 0.05) is 36.8 Å². The van der Waals surface area contributed by atoms with Crippen LogP contribution in [-0.2, 0) is 15.4 Å². The molecule has 11 nitrogen and oxygen atoms in total. The first-order valence-corrected chi connectivity index (χ1v) is 11.9. The van der Waals surface area contributed by atoms with E-state index in [0.717, 1.165) is 6.26 Å². The van der Waals surface area contributed by atoms with Crippen LogP contribution in [0.3, 0.4) is 0 Å². The number of rotatable bonds is 8. The highest BCUT2D eigenvalue weighted by molar-refractivity contribution is 7.90. The number of pyridine rings is 2. The van der Waals surface area contributed by atoms with Crippen molar-refractivity contribution < 1.29 is 18.3 Å². The van der Waals surface area contributed by atoms with Gasteiger partial charge in [0.25, 0.3) is 5.91 Å². The van der Waals surface area contributed by atoms with Crippen LogP contribution in [0.4, 0.5) is 23.1 Å². The molecule has 0 aliphatic carbocycles. The number of amides is 1. The molecule has 1 amide bonds. The van der Waals surface area contributed by atoms with Crippen LogP contribution in [0.1, 0.15) is 36.8 Å². The number of anilines is 4. The maximum Gasteiger partial charge on any atom is 0.273 e. The van der Waals surface area contributed by atoms with E-state index in [1.54, 1.807) is 32.9 Å². The van der Waals surface area contributed by atoms with Gasteiger partial charge in [0.15, 0.2) is 21.3 Å². The topological polar surface area (TPSA) is 159 Å². The minimum absolute atomic E-state index is 0.0259. The molecule has 0 bridgehead atoms. The summed E-state index contributed by atoms with van der Waals surface area (Å²) < 4.78 is 24.3. The van der Waals surface area contributed by atoms with E-state index in [1.807, 2.05) is 0 Å². The maximum atomic E-state index is 12.5. The second-order valence-electron chi connectivity index (χ2n) is 7.71. The summed E-state index contributed by atoms with van der Waals surface area (Å²) in [6.45, 7) is 5.44. The van der Waals surface area contributed by atoms with Crippen molar-refractivity contribution in [2.24, 2.45) is 0 Å². The summed E-state index contributed by atoms with van der Waals surface area (Å²) in [4.78, 5) is 20.8. The van der Waals surface area contributed by atoms with Crippen molar-refractivity contribution in [3.63, 3.8) is 0 Å². The average Bonchev–Trinajstić information content (AvgIpc) is 2.73. The van der Waals surface area contributed by atoms with E-state index in [4.69, 9.17) is 0 Å². The van der Waals surface area contributed by atoms with E-state index >= 15 is 0 Å². The number of hydrogen-bond acceptors (Lipinski definition) is 10. The Kier molecular flexibility index (Phi) is 6.89. The lowest BCUT2D eigenvalue weighted by Gasteiger charge is -2.17. The van der Waals surface area contributed by atoms with E-state index in [1.165, 1.54) is 30.6 Å². The summed E-state index contributed by atoms with van der Waals surface area (Å²) in [6.07, 6.45) is 4.04. The van der Waals surface area contributed by atoms with Crippen molar-refractivity contribution in [1.82, 2.24) is 25.5 Å². The van der Waals surface area contributed by atoms with E-state index in [2.05, 4.69) is 36.1 Å². The maximum absolute atomic E-state index is 12.5. The molecule has 3 aromatic heterocycles. The van der Waals surface area contributed by atoms with Crippen LogP contribution in [0.15, 0.2) is 47.6 Å². The van der Waals surface area contributed by atoms with E-state index < -0.39 is 21.3 Å². The number of sulfone groups is 1. The highest BCUT2D eigenvalue weighted by Crippen LogP contribution is 2.27. The van der Waals surface area contributed by atoms with Crippen molar-refractivity contribution in [3.05, 3.63) is 54.0 Å². The fourth-order valence-corrected chi connectivity index (χ4v) is 3.61. The highest BCUT2D eigenvalue weighted by atomic mass is 32.2. The first-order chi connectivity index (χ1) is 15.5. The van der Waals surface area contributed by atoms with Crippen LogP contribution in [-0.4, -0.2) is 52.4 Å². The minimum atomic E-state index is -3.58. The number of aromatic nitrogens is 4. The third kappa shape index (κ3) is 5.99. The largest absolute Gasteiger partial charge is 0.386 e. The van der Waals surface area contributed by atoms with Gasteiger partial charge < -0.3 is 21.1 Å². The van der Waals surface area contributed by atoms with Crippen LogP contribution in [0.5, 0.6) is 0 Å². The summed E-state index contributed by atoms with van der Waals surface area (Å²) >= 11 is 0. The van der Waals surface area contributed by atoms with Gasteiger partial charge >= 0.3 is 0 Å². The molecule has 0 spiro atoms. The van der Waals surface area contributed by atoms with E-state index in [9.17, 15) is 18.3 Å². The highest BCUT2D eigenvalue weighted by Gasteiger charge is 2.20. The van der Waals surface area contributed by atoms with Gasteiger partial charge in [-0.1, -0.05) is 6.07 Å². The Bertz CT molecular complexity index is 1260. The van der Waals surface area contributed by atoms with Gasteiger partial charge in [0.2, 0.25) is 0 Å². The van der Waals surface area contributed by atoms with Crippen molar-refractivity contribution >= 4 is 38.9 Å². The summed E-state index contributed by atoms with van der Waals surface area (Å²) in [5.41, 5.74) is -0.221. The Morgan fingerprint density at radius 1 is 1.09 bits per heavy atom. The molecule has 0 aliphatic heterocycles. The number of nitrogens with zero attached hydrogens (tertiary/aromatic N) is 4. The summed E-state index contributed by atoms with van der Waals surface area (Å²) in [5, 5.41) is 26.6. The van der Waals surface area contributed by atoms with E-state index in [0.29, 0.717) is 17.9 Å². The zero-order valence-corrected chi connectivity index (χ0v) is 19.4. The predicted molar refractivity (Wildman–Crippen MR) is 123 cm³/mol. The Hall–Kier alpha value is -3.64. The SMILES string of the molecule is CCNC(=O)c1nnc(Nc2ccc(C(C)(C)O)cn2)cc1Nc1ncccc1S(C)(=O)=O. The Labute approximate surface area is 191 Å². The zero-order valence-electron chi connectivity index (χ0n) is 18.6. The smallest absolute Gasteiger partial charge is 0.273 e. The summed E-state index contributed by atoms with van der Waals surface area (Å²) in [6, 6.07) is 7.81. The van der Waals surface area contributed by atoms with Crippen LogP contribution in [0.25, 0.3) is 0 Å². The minimum Gasteiger partial charge on any atom is -0.386 e. The lowest BCUT2D eigenvalue weighted by Crippen LogP contribution is -2.25. The molecular formula is C21H25N7O4S. The van der Waals surface area contributed by atoms with Gasteiger partial charge in [-0.2, -0.15) is 0 Å².